The maximum absolute atomic E-state index is 5.47. The maximum atomic E-state index is 5.47. The Bertz CT molecular complexity index is 389. The lowest BCUT2D eigenvalue weighted by Gasteiger charge is -2.33. The topological polar surface area (TPSA) is 21.3 Å². The van der Waals surface area contributed by atoms with Crippen molar-refractivity contribution in [2.45, 2.75) is 51.5 Å². The van der Waals surface area contributed by atoms with Gasteiger partial charge in [0.25, 0.3) is 0 Å². The Morgan fingerprint density at radius 3 is 2.94 bits per heavy atom. The largest absolute Gasteiger partial charge is 0.496 e. The van der Waals surface area contributed by atoms with Crippen LogP contribution in [-0.2, 0) is 6.42 Å². The monoisotopic (exact) mass is 247 g/mol. The summed E-state index contributed by atoms with van der Waals surface area (Å²) in [6, 6.07) is 7.07. The number of nitrogens with one attached hydrogen (secondary N) is 1. The highest BCUT2D eigenvalue weighted by Gasteiger charge is 2.27. The van der Waals surface area contributed by atoms with Crippen molar-refractivity contribution in [3.63, 3.8) is 0 Å². The fourth-order valence-electron chi connectivity index (χ4n) is 2.98. The van der Waals surface area contributed by atoms with Crippen molar-refractivity contribution in [3.8, 4) is 5.75 Å². The van der Waals surface area contributed by atoms with Gasteiger partial charge in [-0.15, -0.1) is 0 Å². The van der Waals surface area contributed by atoms with E-state index in [1.54, 1.807) is 7.11 Å². The summed E-state index contributed by atoms with van der Waals surface area (Å²) in [6.07, 6.45) is 4.89. The summed E-state index contributed by atoms with van der Waals surface area (Å²) in [4.78, 5) is 0. The van der Waals surface area contributed by atoms with Gasteiger partial charge in [0.05, 0.1) is 7.11 Å². The minimum Gasteiger partial charge on any atom is -0.496 e. The summed E-state index contributed by atoms with van der Waals surface area (Å²) in [5.74, 6) is 1.65. The van der Waals surface area contributed by atoms with Gasteiger partial charge in [0.2, 0.25) is 0 Å². The van der Waals surface area contributed by atoms with E-state index < -0.39 is 0 Å². The average Bonchev–Trinajstić information content (AvgIpc) is 2.41. The Kier molecular flexibility index (Phi) is 4.65. The second kappa shape index (κ2) is 6.24. The molecule has 2 nitrogen and oxygen atoms in total. The van der Waals surface area contributed by atoms with E-state index >= 15 is 0 Å². The van der Waals surface area contributed by atoms with Crippen LogP contribution in [0.1, 0.15) is 50.2 Å². The normalized spacial score (nSPS) is 22.6. The van der Waals surface area contributed by atoms with Gasteiger partial charge in [0.1, 0.15) is 5.75 Å². The molecule has 0 unspecified atom stereocenters. The molecule has 0 saturated carbocycles. The van der Waals surface area contributed by atoms with E-state index in [1.807, 2.05) is 0 Å². The van der Waals surface area contributed by atoms with E-state index in [9.17, 15) is 0 Å². The molecule has 1 aromatic rings. The average molecular weight is 247 g/mol. The van der Waals surface area contributed by atoms with Crippen LogP contribution >= 0.6 is 0 Å². The minimum absolute atomic E-state index is 0.584. The van der Waals surface area contributed by atoms with Gasteiger partial charge in [-0.3, -0.25) is 0 Å². The van der Waals surface area contributed by atoms with Crippen molar-refractivity contribution in [3.05, 3.63) is 29.3 Å². The fourth-order valence-corrected chi connectivity index (χ4v) is 2.98. The van der Waals surface area contributed by atoms with Gasteiger partial charge in [-0.1, -0.05) is 32.4 Å². The van der Waals surface area contributed by atoms with E-state index in [-0.39, 0.29) is 0 Å². The molecule has 0 amide bonds. The molecule has 0 aliphatic heterocycles. The molecule has 2 atom stereocenters. The molecule has 0 saturated heterocycles. The van der Waals surface area contributed by atoms with Crippen LogP contribution in [0.25, 0.3) is 0 Å². The van der Waals surface area contributed by atoms with Crippen LogP contribution in [0.15, 0.2) is 18.2 Å². The summed E-state index contributed by atoms with van der Waals surface area (Å²) in [5, 5.41) is 3.71. The van der Waals surface area contributed by atoms with Gasteiger partial charge in [-0.05, 0) is 48.9 Å². The van der Waals surface area contributed by atoms with Gasteiger partial charge >= 0.3 is 0 Å². The lowest BCUT2D eigenvalue weighted by Crippen LogP contribution is -2.37. The van der Waals surface area contributed by atoms with Crippen molar-refractivity contribution in [1.82, 2.24) is 5.32 Å². The molecule has 100 valence electrons. The molecular formula is C16H25NO. The first-order valence-electron chi connectivity index (χ1n) is 7.17. The van der Waals surface area contributed by atoms with Crippen LogP contribution < -0.4 is 10.1 Å². The van der Waals surface area contributed by atoms with Crippen LogP contribution in [0, 0.1) is 0 Å². The standard InChI is InChI=1S/C16H25NO/c1-4-5-11-17-15-10-9-14-13(12(15)2)7-6-8-16(14)18-3/h6-8,12,15,17H,4-5,9-11H2,1-3H3/t12-,15+/m0/s1. The van der Waals surface area contributed by atoms with Gasteiger partial charge in [0.15, 0.2) is 0 Å². The Morgan fingerprint density at radius 2 is 2.22 bits per heavy atom. The second-order valence-electron chi connectivity index (χ2n) is 5.27. The smallest absolute Gasteiger partial charge is 0.122 e. The molecule has 2 heteroatoms. The van der Waals surface area contributed by atoms with Crippen molar-refractivity contribution in [2.75, 3.05) is 13.7 Å². The maximum Gasteiger partial charge on any atom is 0.122 e. The summed E-state index contributed by atoms with van der Waals surface area (Å²) >= 11 is 0. The van der Waals surface area contributed by atoms with Gasteiger partial charge in [-0.2, -0.15) is 0 Å². The summed E-state index contributed by atoms with van der Waals surface area (Å²) in [5.41, 5.74) is 2.88. The number of rotatable bonds is 5. The van der Waals surface area contributed by atoms with E-state index in [4.69, 9.17) is 4.74 Å². The van der Waals surface area contributed by atoms with Crippen LogP contribution in [0.2, 0.25) is 0 Å². The number of benzene rings is 1. The van der Waals surface area contributed by atoms with E-state index in [0.29, 0.717) is 12.0 Å². The molecule has 18 heavy (non-hydrogen) atoms. The zero-order valence-corrected chi connectivity index (χ0v) is 11.8. The molecule has 1 aromatic carbocycles. The lowest BCUT2D eigenvalue weighted by molar-refractivity contribution is 0.377. The number of unbranched alkanes of at least 4 members (excludes halogenated alkanes) is 1. The SMILES string of the molecule is CCCCN[C@@H]1CCc2c(OC)cccc2[C@@H]1C. The highest BCUT2D eigenvalue weighted by Crippen LogP contribution is 2.36. The number of ether oxygens (including phenoxy) is 1. The van der Waals surface area contributed by atoms with Gasteiger partial charge in [0, 0.05) is 6.04 Å². The Hall–Kier alpha value is -1.02. The van der Waals surface area contributed by atoms with Crippen LogP contribution in [-0.4, -0.2) is 19.7 Å². The Balaban J connectivity index is 2.10. The lowest BCUT2D eigenvalue weighted by atomic mass is 9.80. The van der Waals surface area contributed by atoms with Crippen molar-refractivity contribution >= 4 is 0 Å². The third-order valence-electron chi connectivity index (χ3n) is 4.13. The second-order valence-corrected chi connectivity index (χ2v) is 5.27. The van der Waals surface area contributed by atoms with Gasteiger partial charge in [-0.25, -0.2) is 0 Å². The highest BCUT2D eigenvalue weighted by molar-refractivity contribution is 5.44. The number of hydrogen-bond donors (Lipinski definition) is 1. The van der Waals surface area contributed by atoms with Crippen LogP contribution in [0.5, 0.6) is 5.75 Å². The predicted molar refractivity (Wildman–Crippen MR) is 76.4 cm³/mol. The van der Waals surface area contributed by atoms with E-state index in [2.05, 4.69) is 37.4 Å². The number of methoxy groups -OCH3 is 1. The molecule has 0 radical (unpaired) electrons. The molecule has 1 aliphatic carbocycles. The quantitative estimate of drug-likeness (QED) is 0.804. The van der Waals surface area contributed by atoms with Crippen LogP contribution in [0.4, 0.5) is 0 Å². The molecule has 0 bridgehead atoms. The summed E-state index contributed by atoms with van der Waals surface area (Å²) in [6.45, 7) is 5.72. The highest BCUT2D eigenvalue weighted by atomic mass is 16.5. The van der Waals surface area contributed by atoms with Crippen molar-refractivity contribution in [2.24, 2.45) is 0 Å². The number of hydrogen-bond acceptors (Lipinski definition) is 2. The molecule has 0 heterocycles. The first-order chi connectivity index (χ1) is 8.77. The Morgan fingerprint density at radius 1 is 1.39 bits per heavy atom. The zero-order chi connectivity index (χ0) is 13.0. The summed E-state index contributed by atoms with van der Waals surface area (Å²) in [7, 11) is 1.77. The summed E-state index contributed by atoms with van der Waals surface area (Å²) < 4.78 is 5.47. The first kappa shape index (κ1) is 13.4. The third-order valence-corrected chi connectivity index (χ3v) is 4.13. The van der Waals surface area contributed by atoms with Crippen LogP contribution in [0.3, 0.4) is 0 Å². The zero-order valence-electron chi connectivity index (χ0n) is 11.8. The van der Waals surface area contributed by atoms with Gasteiger partial charge < -0.3 is 10.1 Å². The first-order valence-corrected chi connectivity index (χ1v) is 7.17. The van der Waals surface area contributed by atoms with E-state index in [0.717, 1.165) is 18.7 Å². The third kappa shape index (κ3) is 2.69. The molecule has 1 N–H and O–H groups in total. The number of fused-ring (bicyclic) bond motifs is 1. The van der Waals surface area contributed by atoms with Crippen molar-refractivity contribution in [1.29, 1.82) is 0 Å². The van der Waals surface area contributed by atoms with Crippen molar-refractivity contribution < 1.29 is 4.74 Å². The molecule has 0 spiro atoms. The molecular weight excluding hydrogens is 222 g/mol. The van der Waals surface area contributed by atoms with E-state index in [1.165, 1.54) is 30.4 Å². The molecule has 1 aliphatic rings. The minimum atomic E-state index is 0.584. The molecule has 2 rings (SSSR count). The predicted octanol–water partition coefficient (Wildman–Crippen LogP) is 3.50. The Labute approximate surface area is 111 Å². The molecule has 0 aromatic heterocycles. The molecule has 0 fully saturated rings. The fraction of sp³-hybridized carbons (Fsp3) is 0.625.